The number of alkyl halides is 3. The van der Waals surface area contributed by atoms with Gasteiger partial charge in [0.1, 0.15) is 24.0 Å². The lowest BCUT2D eigenvalue weighted by atomic mass is 9.83. The minimum absolute atomic E-state index is 0.0516. The number of hydrogen-bond donors (Lipinski definition) is 3. The molecule has 0 bridgehead atoms. The van der Waals surface area contributed by atoms with E-state index in [1.807, 2.05) is 0 Å². The lowest BCUT2D eigenvalue weighted by Crippen LogP contribution is -2.47. The number of fused-ring (bicyclic) bond motifs is 3. The second-order valence-electron chi connectivity index (χ2n) is 9.86. The van der Waals surface area contributed by atoms with Crippen molar-refractivity contribution in [1.29, 1.82) is 0 Å². The van der Waals surface area contributed by atoms with Crippen molar-refractivity contribution in [3.63, 3.8) is 0 Å². The number of aliphatic hydroxyl groups excluding tert-OH is 1. The zero-order valence-corrected chi connectivity index (χ0v) is 22.2. The van der Waals surface area contributed by atoms with Crippen LogP contribution in [0.3, 0.4) is 0 Å². The van der Waals surface area contributed by atoms with Crippen molar-refractivity contribution in [2.24, 2.45) is 0 Å². The number of aliphatic hydroxyl groups is 1. The summed E-state index contributed by atoms with van der Waals surface area (Å²) in [6, 6.07) is 2.75. The van der Waals surface area contributed by atoms with Crippen molar-refractivity contribution in [2.75, 3.05) is 45.7 Å². The number of carbonyl (C=O) groups excluding carboxylic acids is 1. The molecule has 0 saturated carbocycles. The summed E-state index contributed by atoms with van der Waals surface area (Å²) in [6.45, 7) is 0.901. The molecule has 0 aliphatic carbocycles. The first-order chi connectivity index (χ1) is 18.9. The number of halogens is 5. The Morgan fingerprint density at radius 3 is 2.62 bits per heavy atom. The largest absolute Gasteiger partial charge is 0.492 e. The highest BCUT2D eigenvalue weighted by Gasteiger charge is 2.44. The van der Waals surface area contributed by atoms with Crippen molar-refractivity contribution in [3.05, 3.63) is 64.7 Å². The maximum atomic E-state index is 15.5. The average molecular weight is 571 g/mol. The second-order valence-corrected chi connectivity index (χ2v) is 9.86. The van der Waals surface area contributed by atoms with E-state index in [-0.39, 0.29) is 36.0 Å². The van der Waals surface area contributed by atoms with Crippen LogP contribution < -0.4 is 20.1 Å². The van der Waals surface area contributed by atoms with Crippen molar-refractivity contribution in [1.82, 2.24) is 15.1 Å². The molecular formula is C27H31F5N4O4. The molecule has 2 heterocycles. The van der Waals surface area contributed by atoms with Crippen LogP contribution in [0.1, 0.15) is 29.7 Å². The summed E-state index contributed by atoms with van der Waals surface area (Å²) in [4.78, 5) is 13.9. The molecule has 1 amide bonds. The molecule has 1 unspecified atom stereocenters. The van der Waals surface area contributed by atoms with Crippen LogP contribution in [-0.2, 0) is 11.2 Å². The number of rotatable bonds is 9. The zero-order valence-electron chi connectivity index (χ0n) is 22.2. The van der Waals surface area contributed by atoms with E-state index in [9.17, 15) is 23.1 Å². The van der Waals surface area contributed by atoms with E-state index in [0.29, 0.717) is 24.3 Å². The Hall–Kier alpha value is -3.42. The van der Waals surface area contributed by atoms with Gasteiger partial charge in [-0.25, -0.2) is 8.78 Å². The molecule has 0 saturated heterocycles. The van der Waals surface area contributed by atoms with E-state index in [0.717, 1.165) is 17.0 Å². The standard InChI is InChI=1S/C27H31F5N4O4/c1-15-11-18-17(6-7-21-25(18)40-26(38)34-21)24(36(15)14-27(30,31)32)23-19(28)12-16(13-20(23)29)39-10-9-33-8-4-5-22(37)35(2)3/h4-7,12-13,15,24,26,33-34,38H,8-11,14H2,1-3H3/b5-4+/t15-,24+,26?/m1/s1. The Bertz CT molecular complexity index is 1250. The number of likely N-dealkylation sites (N-methyl/N-ethyl adjacent to an activating group) is 1. The monoisotopic (exact) mass is 570 g/mol. The van der Waals surface area contributed by atoms with E-state index in [2.05, 4.69) is 10.6 Å². The molecule has 0 spiro atoms. The SMILES string of the molecule is C[C@@H]1Cc2c(ccc3c2OC(O)N3)[C@@H](c2c(F)cc(OCCNC/C=C/C(=O)N(C)C)cc2F)N1CC(F)(F)F. The molecule has 2 aliphatic heterocycles. The molecule has 4 rings (SSSR count). The van der Waals surface area contributed by atoms with E-state index >= 15 is 8.78 Å². The third kappa shape index (κ3) is 6.65. The fraction of sp³-hybridized carbons (Fsp3) is 0.444. The smallest absolute Gasteiger partial charge is 0.401 e. The number of amides is 1. The highest BCUT2D eigenvalue weighted by molar-refractivity contribution is 5.87. The van der Waals surface area contributed by atoms with Crippen LogP contribution in [0.4, 0.5) is 27.6 Å². The summed E-state index contributed by atoms with van der Waals surface area (Å²) < 4.78 is 82.7. The van der Waals surface area contributed by atoms with Gasteiger partial charge >= 0.3 is 6.18 Å². The molecule has 0 fully saturated rings. The van der Waals surface area contributed by atoms with Crippen LogP contribution in [0.15, 0.2) is 36.4 Å². The molecular weight excluding hydrogens is 539 g/mol. The number of nitrogens with zero attached hydrogens (tertiary/aromatic N) is 2. The van der Waals surface area contributed by atoms with Crippen LogP contribution in [0.2, 0.25) is 0 Å². The summed E-state index contributed by atoms with van der Waals surface area (Å²) in [7, 11) is 3.25. The third-order valence-electron chi connectivity index (χ3n) is 6.70. The summed E-state index contributed by atoms with van der Waals surface area (Å²) >= 11 is 0. The summed E-state index contributed by atoms with van der Waals surface area (Å²) in [5.41, 5.74) is 0.640. The van der Waals surface area contributed by atoms with Gasteiger partial charge in [0, 0.05) is 62.6 Å². The Labute approximate surface area is 228 Å². The summed E-state index contributed by atoms with van der Waals surface area (Å²) in [5, 5.41) is 15.5. The number of anilines is 1. The van der Waals surface area contributed by atoms with Crippen LogP contribution >= 0.6 is 0 Å². The zero-order chi connectivity index (χ0) is 29.2. The molecule has 8 nitrogen and oxygen atoms in total. The van der Waals surface area contributed by atoms with Gasteiger partial charge in [-0.05, 0) is 25.0 Å². The van der Waals surface area contributed by atoms with Gasteiger partial charge in [-0.15, -0.1) is 0 Å². The lowest BCUT2D eigenvalue weighted by molar-refractivity contribution is -0.155. The van der Waals surface area contributed by atoms with E-state index in [1.165, 1.54) is 23.1 Å². The Balaban J connectivity index is 1.56. The van der Waals surface area contributed by atoms with Gasteiger partial charge in [0.05, 0.1) is 18.3 Å². The molecule has 0 radical (unpaired) electrons. The predicted molar refractivity (Wildman–Crippen MR) is 137 cm³/mol. The average Bonchev–Trinajstić information content (AvgIpc) is 3.24. The molecule has 2 aromatic carbocycles. The van der Waals surface area contributed by atoms with Gasteiger partial charge < -0.3 is 30.1 Å². The van der Waals surface area contributed by atoms with Gasteiger partial charge in [0.2, 0.25) is 5.91 Å². The summed E-state index contributed by atoms with van der Waals surface area (Å²) in [5.74, 6) is -2.13. The third-order valence-corrected chi connectivity index (χ3v) is 6.70. The van der Waals surface area contributed by atoms with Crippen LogP contribution in [0, 0.1) is 11.6 Å². The normalized spacial score (nSPS) is 20.6. The summed E-state index contributed by atoms with van der Waals surface area (Å²) in [6.07, 6.45) is -2.80. The number of carbonyl (C=O) groups is 1. The molecule has 40 heavy (non-hydrogen) atoms. The van der Waals surface area contributed by atoms with Crippen molar-refractivity contribution in [2.45, 2.75) is 38.0 Å². The lowest BCUT2D eigenvalue weighted by Gasteiger charge is -2.42. The number of ether oxygens (including phenoxy) is 2. The molecule has 218 valence electrons. The van der Waals surface area contributed by atoms with Crippen molar-refractivity contribution < 1.29 is 41.3 Å². The van der Waals surface area contributed by atoms with Crippen LogP contribution in [0.5, 0.6) is 11.5 Å². The van der Waals surface area contributed by atoms with E-state index < -0.39 is 48.4 Å². The maximum Gasteiger partial charge on any atom is 0.401 e. The topological polar surface area (TPSA) is 86.3 Å². The number of hydrogen-bond acceptors (Lipinski definition) is 7. The predicted octanol–water partition coefficient (Wildman–Crippen LogP) is 3.56. The molecule has 0 aromatic heterocycles. The Kier molecular flexibility index (Phi) is 8.86. The van der Waals surface area contributed by atoms with Crippen LogP contribution in [-0.4, -0.2) is 79.8 Å². The fourth-order valence-electron chi connectivity index (χ4n) is 4.89. The van der Waals surface area contributed by atoms with Gasteiger partial charge in [0.15, 0.2) is 5.75 Å². The fourth-order valence-corrected chi connectivity index (χ4v) is 4.89. The second kappa shape index (κ2) is 12.0. The van der Waals surface area contributed by atoms with Gasteiger partial charge in [0.25, 0.3) is 6.41 Å². The maximum absolute atomic E-state index is 15.5. The molecule has 2 aliphatic rings. The molecule has 13 heteroatoms. The molecule has 2 aromatic rings. The first kappa shape index (κ1) is 29.6. The Morgan fingerprint density at radius 2 is 1.98 bits per heavy atom. The van der Waals surface area contributed by atoms with Gasteiger partial charge in [-0.1, -0.05) is 12.1 Å². The first-order valence-corrected chi connectivity index (χ1v) is 12.7. The molecule has 3 atom stereocenters. The first-order valence-electron chi connectivity index (χ1n) is 12.7. The highest BCUT2D eigenvalue weighted by Crippen LogP contribution is 2.48. The highest BCUT2D eigenvalue weighted by atomic mass is 19.4. The minimum Gasteiger partial charge on any atom is -0.492 e. The van der Waals surface area contributed by atoms with Gasteiger partial charge in [-0.3, -0.25) is 9.69 Å². The number of benzene rings is 2. The van der Waals surface area contributed by atoms with Crippen LogP contribution in [0.25, 0.3) is 0 Å². The molecule has 3 N–H and O–H groups in total. The van der Waals surface area contributed by atoms with E-state index in [4.69, 9.17) is 9.47 Å². The van der Waals surface area contributed by atoms with E-state index in [1.54, 1.807) is 27.1 Å². The van der Waals surface area contributed by atoms with Gasteiger partial charge in [-0.2, -0.15) is 13.2 Å². The quantitative estimate of drug-likeness (QED) is 0.242. The van der Waals surface area contributed by atoms with Crippen molar-refractivity contribution in [3.8, 4) is 11.5 Å². The van der Waals surface area contributed by atoms with Crippen molar-refractivity contribution >= 4 is 11.6 Å². The minimum atomic E-state index is -4.62. The Morgan fingerprint density at radius 1 is 1.27 bits per heavy atom. The number of nitrogens with one attached hydrogen (secondary N) is 2.